The van der Waals surface area contributed by atoms with Crippen molar-refractivity contribution in [2.24, 2.45) is 11.7 Å². The molecule has 0 spiro atoms. The maximum absolute atomic E-state index is 13.0. The number of carbonyl (C=O) groups excluding carboxylic acids is 1. The standard InChI is InChI=1S/C11H16F4N2O.ClH/c12-10(13)5-17(6-11(10,14)15)9(18)8(16)7-3-1-2-4-7;/h7-8H,1-6,16H2;1H. The zero-order valence-corrected chi connectivity index (χ0v) is 11.1. The maximum Gasteiger partial charge on any atom is 0.329 e. The molecule has 2 aliphatic rings. The summed E-state index contributed by atoms with van der Waals surface area (Å²) in [6, 6.07) is -0.933. The summed E-state index contributed by atoms with van der Waals surface area (Å²) in [4.78, 5) is 12.3. The molecular formula is C11H17ClF4N2O. The Hall–Kier alpha value is -0.560. The van der Waals surface area contributed by atoms with Crippen LogP contribution in [-0.4, -0.2) is 41.8 Å². The fourth-order valence-electron chi connectivity index (χ4n) is 2.65. The minimum absolute atomic E-state index is 0. The first kappa shape index (κ1) is 16.5. The van der Waals surface area contributed by atoms with Gasteiger partial charge in [0.25, 0.3) is 0 Å². The molecule has 1 saturated carbocycles. The van der Waals surface area contributed by atoms with Crippen molar-refractivity contribution in [1.82, 2.24) is 4.90 Å². The molecule has 19 heavy (non-hydrogen) atoms. The normalized spacial score (nSPS) is 27.1. The lowest BCUT2D eigenvalue weighted by atomic mass is 9.98. The van der Waals surface area contributed by atoms with Crippen molar-refractivity contribution in [2.45, 2.75) is 43.6 Å². The van der Waals surface area contributed by atoms with Crippen molar-refractivity contribution in [3.8, 4) is 0 Å². The lowest BCUT2D eigenvalue weighted by molar-refractivity contribution is -0.172. The number of rotatable bonds is 2. The Balaban J connectivity index is 0.00000180. The van der Waals surface area contributed by atoms with E-state index in [9.17, 15) is 22.4 Å². The molecule has 2 fully saturated rings. The van der Waals surface area contributed by atoms with Crippen LogP contribution in [0.15, 0.2) is 0 Å². The summed E-state index contributed by atoms with van der Waals surface area (Å²) in [7, 11) is 0. The second-order valence-electron chi connectivity index (χ2n) is 5.17. The van der Waals surface area contributed by atoms with Gasteiger partial charge in [-0.05, 0) is 18.8 Å². The van der Waals surface area contributed by atoms with E-state index >= 15 is 0 Å². The molecule has 1 aliphatic heterocycles. The monoisotopic (exact) mass is 304 g/mol. The Bertz CT molecular complexity index is 332. The highest BCUT2D eigenvalue weighted by molar-refractivity contribution is 5.85. The number of hydrogen-bond acceptors (Lipinski definition) is 2. The van der Waals surface area contributed by atoms with Gasteiger partial charge in [0, 0.05) is 0 Å². The number of carbonyl (C=O) groups is 1. The van der Waals surface area contributed by atoms with Gasteiger partial charge in [0.2, 0.25) is 5.91 Å². The minimum atomic E-state index is -4.15. The van der Waals surface area contributed by atoms with E-state index in [1.54, 1.807) is 0 Å². The lowest BCUT2D eigenvalue weighted by Gasteiger charge is -2.23. The number of alkyl halides is 4. The van der Waals surface area contributed by atoms with E-state index in [0.717, 1.165) is 25.7 Å². The zero-order valence-electron chi connectivity index (χ0n) is 10.3. The zero-order chi connectivity index (χ0) is 13.6. The number of nitrogens with two attached hydrogens (primary N) is 1. The maximum atomic E-state index is 13.0. The van der Waals surface area contributed by atoms with Gasteiger partial charge >= 0.3 is 11.8 Å². The van der Waals surface area contributed by atoms with Gasteiger partial charge in [-0.3, -0.25) is 4.79 Å². The van der Waals surface area contributed by atoms with Crippen molar-refractivity contribution in [2.75, 3.05) is 13.1 Å². The second kappa shape index (κ2) is 5.44. The molecule has 1 amide bonds. The van der Waals surface area contributed by atoms with E-state index in [4.69, 9.17) is 5.73 Å². The van der Waals surface area contributed by atoms with Gasteiger partial charge in [-0.25, -0.2) is 0 Å². The third kappa shape index (κ3) is 2.97. The van der Waals surface area contributed by atoms with E-state index in [1.165, 1.54) is 0 Å². The molecular weight excluding hydrogens is 288 g/mol. The first-order valence-corrected chi connectivity index (χ1v) is 6.05. The fraction of sp³-hybridized carbons (Fsp3) is 0.909. The van der Waals surface area contributed by atoms with Gasteiger partial charge in [-0.2, -0.15) is 17.6 Å². The minimum Gasteiger partial charge on any atom is -0.329 e. The van der Waals surface area contributed by atoms with Crippen LogP contribution in [0, 0.1) is 5.92 Å². The average molecular weight is 305 g/mol. The van der Waals surface area contributed by atoms with Gasteiger partial charge in [0.05, 0.1) is 19.1 Å². The van der Waals surface area contributed by atoms with Gasteiger partial charge in [-0.15, -0.1) is 12.4 Å². The van der Waals surface area contributed by atoms with Crippen LogP contribution in [0.1, 0.15) is 25.7 Å². The van der Waals surface area contributed by atoms with Crippen LogP contribution in [0.3, 0.4) is 0 Å². The first-order valence-electron chi connectivity index (χ1n) is 6.05. The Morgan fingerprint density at radius 1 is 1.11 bits per heavy atom. The molecule has 2 N–H and O–H groups in total. The van der Waals surface area contributed by atoms with Gasteiger partial charge in [0.15, 0.2) is 0 Å². The van der Waals surface area contributed by atoms with E-state index in [1.807, 2.05) is 0 Å². The molecule has 1 atom stereocenters. The highest BCUT2D eigenvalue weighted by atomic mass is 35.5. The van der Waals surface area contributed by atoms with E-state index in [2.05, 4.69) is 0 Å². The topological polar surface area (TPSA) is 46.3 Å². The Morgan fingerprint density at radius 2 is 1.53 bits per heavy atom. The molecule has 0 aromatic heterocycles. The van der Waals surface area contributed by atoms with Crippen molar-refractivity contribution in [1.29, 1.82) is 0 Å². The Kier molecular flexibility index (Phi) is 4.72. The smallest absolute Gasteiger partial charge is 0.329 e. The first-order chi connectivity index (χ1) is 8.24. The van der Waals surface area contributed by atoms with Crippen LogP contribution in [-0.2, 0) is 4.79 Å². The third-order valence-electron chi connectivity index (χ3n) is 3.82. The summed E-state index contributed by atoms with van der Waals surface area (Å²) >= 11 is 0. The summed E-state index contributed by atoms with van der Waals surface area (Å²) in [5, 5.41) is 0. The Morgan fingerprint density at radius 3 is 1.95 bits per heavy atom. The van der Waals surface area contributed by atoms with Crippen LogP contribution >= 0.6 is 12.4 Å². The fourth-order valence-corrected chi connectivity index (χ4v) is 2.65. The van der Waals surface area contributed by atoms with Gasteiger partial charge < -0.3 is 10.6 Å². The number of amides is 1. The van der Waals surface area contributed by atoms with Crippen molar-refractivity contribution in [3.63, 3.8) is 0 Å². The van der Waals surface area contributed by atoms with Crippen LogP contribution in [0.4, 0.5) is 17.6 Å². The molecule has 1 saturated heterocycles. The van der Waals surface area contributed by atoms with E-state index in [0.29, 0.717) is 4.90 Å². The van der Waals surface area contributed by atoms with Crippen LogP contribution in [0.2, 0.25) is 0 Å². The largest absolute Gasteiger partial charge is 0.329 e. The molecule has 0 bridgehead atoms. The quantitative estimate of drug-likeness (QED) is 0.794. The summed E-state index contributed by atoms with van der Waals surface area (Å²) in [5.41, 5.74) is 5.70. The van der Waals surface area contributed by atoms with Crippen LogP contribution in [0.25, 0.3) is 0 Å². The number of hydrogen-bond donors (Lipinski definition) is 1. The molecule has 1 heterocycles. The number of halogens is 5. The molecule has 3 nitrogen and oxygen atoms in total. The molecule has 1 aliphatic carbocycles. The second-order valence-corrected chi connectivity index (χ2v) is 5.17. The number of likely N-dealkylation sites (tertiary alicyclic amines) is 1. The summed E-state index contributed by atoms with van der Waals surface area (Å²) < 4.78 is 52.0. The van der Waals surface area contributed by atoms with E-state index in [-0.39, 0.29) is 18.3 Å². The lowest BCUT2D eigenvalue weighted by Crippen LogP contribution is -2.47. The highest BCUT2D eigenvalue weighted by Crippen LogP contribution is 2.41. The summed E-state index contributed by atoms with van der Waals surface area (Å²) in [6.45, 7) is -2.47. The molecule has 0 radical (unpaired) electrons. The van der Waals surface area contributed by atoms with E-state index < -0.39 is 36.9 Å². The number of nitrogens with zero attached hydrogens (tertiary/aromatic N) is 1. The predicted molar refractivity (Wildman–Crippen MR) is 63.7 cm³/mol. The Labute approximate surface area is 114 Å². The predicted octanol–water partition coefficient (Wildman–Crippen LogP) is 2.04. The van der Waals surface area contributed by atoms with Gasteiger partial charge in [-0.1, -0.05) is 12.8 Å². The summed E-state index contributed by atoms with van der Waals surface area (Å²) in [5.74, 6) is -9.16. The van der Waals surface area contributed by atoms with Crippen LogP contribution < -0.4 is 5.73 Å². The summed E-state index contributed by atoms with van der Waals surface area (Å²) in [6.07, 6.45) is 3.40. The molecule has 8 heteroatoms. The molecule has 2 rings (SSSR count). The molecule has 0 aromatic carbocycles. The van der Waals surface area contributed by atoms with Gasteiger partial charge in [0.1, 0.15) is 0 Å². The van der Waals surface area contributed by atoms with Crippen molar-refractivity contribution >= 4 is 18.3 Å². The van der Waals surface area contributed by atoms with Crippen molar-refractivity contribution in [3.05, 3.63) is 0 Å². The van der Waals surface area contributed by atoms with Crippen molar-refractivity contribution < 1.29 is 22.4 Å². The molecule has 112 valence electrons. The SMILES string of the molecule is Cl.NC(C(=O)N1CC(F)(F)C(F)(F)C1)C1CCCC1. The molecule has 1 unspecified atom stereocenters. The third-order valence-corrected chi connectivity index (χ3v) is 3.82. The average Bonchev–Trinajstić information content (AvgIpc) is 2.84. The molecule has 0 aromatic rings. The van der Waals surface area contributed by atoms with Crippen LogP contribution in [0.5, 0.6) is 0 Å². The highest BCUT2D eigenvalue weighted by Gasteiger charge is 2.64.